The fourth-order valence-electron chi connectivity index (χ4n) is 2.09. The average Bonchev–Trinajstić information content (AvgIpc) is 2.38. The molecule has 2 aromatic carbocycles. The Morgan fingerprint density at radius 3 is 2.61 bits per heavy atom. The normalized spacial score (nSPS) is 12.8. The van der Waals surface area contributed by atoms with Crippen molar-refractivity contribution in [3.05, 3.63) is 48.0 Å². The van der Waals surface area contributed by atoms with E-state index in [1.54, 1.807) is 17.8 Å². The molecule has 0 aliphatic carbocycles. The fraction of sp³-hybridized carbons (Fsp3) is 0.0714. The van der Waals surface area contributed by atoms with Crippen LogP contribution in [0.2, 0.25) is 0 Å². The summed E-state index contributed by atoms with van der Waals surface area (Å²) < 4.78 is 0. The largest absolute Gasteiger partial charge is 0.366 e. The highest BCUT2D eigenvalue weighted by molar-refractivity contribution is 7.99. The Morgan fingerprint density at radius 2 is 1.83 bits per heavy atom. The third-order valence-electron chi connectivity index (χ3n) is 3.05. The molecule has 1 aliphatic rings. The van der Waals surface area contributed by atoms with Gasteiger partial charge in [-0.1, -0.05) is 23.9 Å². The van der Waals surface area contributed by atoms with Crippen molar-refractivity contribution in [3.63, 3.8) is 0 Å². The first-order valence-corrected chi connectivity index (χ1v) is 6.43. The number of para-hydroxylation sites is 1. The maximum absolute atomic E-state index is 11.2. The first-order chi connectivity index (χ1) is 8.66. The highest BCUT2D eigenvalue weighted by Crippen LogP contribution is 2.47. The van der Waals surface area contributed by atoms with Gasteiger partial charge in [0, 0.05) is 22.4 Å². The molecule has 0 spiro atoms. The van der Waals surface area contributed by atoms with E-state index >= 15 is 0 Å². The lowest BCUT2D eigenvalue weighted by Crippen LogP contribution is -2.17. The van der Waals surface area contributed by atoms with Crippen LogP contribution in [0.5, 0.6) is 0 Å². The number of nitrogens with two attached hydrogens (primary N) is 1. The lowest BCUT2D eigenvalue weighted by Gasteiger charge is -2.29. The van der Waals surface area contributed by atoms with Gasteiger partial charge < -0.3 is 10.6 Å². The summed E-state index contributed by atoms with van der Waals surface area (Å²) in [5, 5.41) is 0. The number of primary amides is 1. The van der Waals surface area contributed by atoms with Crippen LogP contribution in [0.1, 0.15) is 10.4 Å². The van der Waals surface area contributed by atoms with Crippen LogP contribution in [-0.2, 0) is 0 Å². The Kier molecular flexibility index (Phi) is 2.52. The predicted molar refractivity (Wildman–Crippen MR) is 73.6 cm³/mol. The summed E-state index contributed by atoms with van der Waals surface area (Å²) >= 11 is 1.71. The summed E-state index contributed by atoms with van der Waals surface area (Å²) in [6.45, 7) is 0. The van der Waals surface area contributed by atoms with Gasteiger partial charge in [-0.15, -0.1) is 0 Å². The zero-order valence-electron chi connectivity index (χ0n) is 9.88. The average molecular weight is 256 g/mol. The molecule has 2 N–H and O–H groups in total. The van der Waals surface area contributed by atoms with E-state index in [1.165, 1.54) is 4.90 Å². The number of hydrogen-bond donors (Lipinski definition) is 1. The number of amides is 1. The molecular weight excluding hydrogens is 244 g/mol. The van der Waals surface area contributed by atoms with E-state index in [9.17, 15) is 4.79 Å². The molecule has 0 aromatic heterocycles. The van der Waals surface area contributed by atoms with Crippen molar-refractivity contribution >= 4 is 29.0 Å². The minimum Gasteiger partial charge on any atom is -0.366 e. The van der Waals surface area contributed by atoms with Crippen LogP contribution in [0.4, 0.5) is 11.4 Å². The van der Waals surface area contributed by atoms with Gasteiger partial charge in [-0.05, 0) is 30.3 Å². The Labute approximate surface area is 110 Å². The zero-order valence-corrected chi connectivity index (χ0v) is 10.7. The second-order valence-electron chi connectivity index (χ2n) is 4.18. The van der Waals surface area contributed by atoms with E-state index in [2.05, 4.69) is 17.0 Å². The molecule has 1 heterocycles. The van der Waals surface area contributed by atoms with Crippen molar-refractivity contribution < 1.29 is 4.79 Å². The van der Waals surface area contributed by atoms with E-state index in [4.69, 9.17) is 5.73 Å². The molecule has 0 bridgehead atoms. The van der Waals surface area contributed by atoms with Gasteiger partial charge >= 0.3 is 0 Å². The molecule has 3 nitrogen and oxygen atoms in total. The highest BCUT2D eigenvalue weighted by Gasteiger charge is 2.20. The fourth-order valence-corrected chi connectivity index (χ4v) is 3.22. The molecule has 0 fully saturated rings. The third-order valence-corrected chi connectivity index (χ3v) is 4.18. The predicted octanol–water partition coefficient (Wildman–Crippen LogP) is 3.02. The van der Waals surface area contributed by atoms with Crippen molar-refractivity contribution in [1.29, 1.82) is 0 Å². The van der Waals surface area contributed by atoms with Crippen LogP contribution >= 0.6 is 11.8 Å². The van der Waals surface area contributed by atoms with Crippen molar-refractivity contribution in [2.24, 2.45) is 5.73 Å². The standard InChI is InChI=1S/C14H12N2OS/c1-16-10-4-2-3-5-12(10)18-13-7-6-9(14(15)17)8-11(13)16/h2-8H,1H3,(H2,15,17). The van der Waals surface area contributed by atoms with Gasteiger partial charge in [0.05, 0.1) is 11.4 Å². The number of carbonyl (C=O) groups excluding carboxylic acids is 1. The quantitative estimate of drug-likeness (QED) is 0.853. The minimum absolute atomic E-state index is 0.393. The summed E-state index contributed by atoms with van der Waals surface area (Å²) in [5.41, 5.74) is 8.04. The SMILES string of the molecule is CN1c2ccccc2Sc2ccc(C(N)=O)cc21. The number of nitrogens with zero attached hydrogens (tertiary/aromatic N) is 1. The van der Waals surface area contributed by atoms with Gasteiger partial charge in [0.2, 0.25) is 5.91 Å². The molecule has 4 heteroatoms. The van der Waals surface area contributed by atoms with Crippen LogP contribution < -0.4 is 10.6 Å². The van der Waals surface area contributed by atoms with Crippen molar-refractivity contribution in [2.45, 2.75) is 9.79 Å². The second-order valence-corrected chi connectivity index (χ2v) is 5.26. The number of anilines is 2. The van der Waals surface area contributed by atoms with Crippen molar-refractivity contribution in [2.75, 3.05) is 11.9 Å². The van der Waals surface area contributed by atoms with Crippen molar-refractivity contribution in [3.8, 4) is 0 Å². The number of carbonyl (C=O) groups is 1. The summed E-state index contributed by atoms with van der Waals surface area (Å²) in [6.07, 6.45) is 0. The van der Waals surface area contributed by atoms with Crippen LogP contribution in [0, 0.1) is 0 Å². The van der Waals surface area contributed by atoms with Gasteiger partial charge in [-0.3, -0.25) is 4.79 Å². The Balaban J connectivity index is 2.14. The summed E-state index contributed by atoms with van der Waals surface area (Å²) in [5.74, 6) is -0.393. The monoisotopic (exact) mass is 256 g/mol. The van der Waals surface area contributed by atoms with Gasteiger partial charge in [0.15, 0.2) is 0 Å². The van der Waals surface area contributed by atoms with Gasteiger partial charge in [-0.25, -0.2) is 0 Å². The summed E-state index contributed by atoms with van der Waals surface area (Å²) in [4.78, 5) is 15.7. The molecule has 2 aromatic rings. The maximum Gasteiger partial charge on any atom is 0.248 e. The van der Waals surface area contributed by atoms with Gasteiger partial charge in [-0.2, -0.15) is 0 Å². The van der Waals surface area contributed by atoms with E-state index in [0.29, 0.717) is 5.56 Å². The smallest absolute Gasteiger partial charge is 0.248 e. The van der Waals surface area contributed by atoms with Gasteiger partial charge in [0.1, 0.15) is 0 Å². The lowest BCUT2D eigenvalue weighted by molar-refractivity contribution is 0.100. The molecule has 3 rings (SSSR count). The molecule has 0 radical (unpaired) electrons. The van der Waals surface area contributed by atoms with Crippen molar-refractivity contribution in [1.82, 2.24) is 0 Å². The lowest BCUT2D eigenvalue weighted by atomic mass is 10.1. The molecule has 90 valence electrons. The highest BCUT2D eigenvalue weighted by atomic mass is 32.2. The second kappa shape index (κ2) is 4.07. The summed E-state index contributed by atoms with van der Waals surface area (Å²) in [7, 11) is 2.00. The number of hydrogen-bond acceptors (Lipinski definition) is 3. The van der Waals surface area contributed by atoms with E-state index in [0.717, 1.165) is 16.3 Å². The minimum atomic E-state index is -0.393. The van der Waals surface area contributed by atoms with Crippen LogP contribution in [0.3, 0.4) is 0 Å². The van der Waals surface area contributed by atoms with Crippen LogP contribution in [0.15, 0.2) is 52.3 Å². The molecule has 18 heavy (non-hydrogen) atoms. The molecule has 0 saturated carbocycles. The number of fused-ring (bicyclic) bond motifs is 2. The molecule has 0 unspecified atom stereocenters. The Morgan fingerprint density at radius 1 is 1.11 bits per heavy atom. The molecule has 0 atom stereocenters. The number of benzene rings is 2. The van der Waals surface area contributed by atoms with E-state index in [-0.39, 0.29) is 0 Å². The van der Waals surface area contributed by atoms with E-state index < -0.39 is 5.91 Å². The van der Waals surface area contributed by atoms with Crippen LogP contribution in [0.25, 0.3) is 0 Å². The number of rotatable bonds is 1. The Bertz CT molecular complexity index is 639. The Hall–Kier alpha value is -1.94. The molecule has 0 saturated heterocycles. The summed E-state index contributed by atoms with van der Waals surface area (Å²) in [6, 6.07) is 13.8. The third kappa shape index (κ3) is 1.66. The molecule has 1 aliphatic heterocycles. The first-order valence-electron chi connectivity index (χ1n) is 5.61. The van der Waals surface area contributed by atoms with Gasteiger partial charge in [0.25, 0.3) is 0 Å². The van der Waals surface area contributed by atoms with Crippen LogP contribution in [-0.4, -0.2) is 13.0 Å². The topological polar surface area (TPSA) is 46.3 Å². The van der Waals surface area contributed by atoms with E-state index in [1.807, 2.05) is 31.3 Å². The maximum atomic E-state index is 11.2. The first kappa shape index (κ1) is 11.2. The zero-order chi connectivity index (χ0) is 12.7. The molecule has 1 amide bonds. The molecular formula is C14H12N2OS.